The van der Waals surface area contributed by atoms with E-state index in [9.17, 15) is 9.11 Å². The maximum Gasteiger partial charge on any atom is 0.181 e. The first-order valence-electron chi connectivity index (χ1n) is 4.03. The van der Waals surface area contributed by atoms with Crippen molar-refractivity contribution in [3.8, 4) is 0 Å². The first-order valence-corrected chi connectivity index (χ1v) is 5.64. The van der Waals surface area contributed by atoms with Gasteiger partial charge in [0.25, 0.3) is 0 Å². The van der Waals surface area contributed by atoms with Gasteiger partial charge in [-0.2, -0.15) is 0 Å². The van der Waals surface area contributed by atoms with Crippen LogP contribution in [0.15, 0.2) is 11.2 Å². The average Bonchev–Trinajstić information content (AvgIpc) is 2.30. The third-order valence-corrected chi connectivity index (χ3v) is 2.53. The molecule has 0 unspecified atom stereocenters. The molecule has 7 heteroatoms. The van der Waals surface area contributed by atoms with Crippen molar-refractivity contribution in [3.05, 3.63) is 12.0 Å². The monoisotopic (exact) mass is 220 g/mol. The van der Waals surface area contributed by atoms with E-state index in [1.54, 1.807) is 11.6 Å². The molecule has 0 aliphatic heterocycles. The Morgan fingerprint density at radius 2 is 2.14 bits per heavy atom. The second-order valence-electron chi connectivity index (χ2n) is 3.44. The Morgan fingerprint density at radius 1 is 1.57 bits per heavy atom. The molecule has 0 bridgehead atoms. The normalized spacial score (nSPS) is 13.6. The van der Waals surface area contributed by atoms with Crippen LogP contribution in [0.5, 0.6) is 0 Å². The summed E-state index contributed by atoms with van der Waals surface area (Å²) in [6.45, 7) is 0.631. The van der Waals surface area contributed by atoms with E-state index in [0.717, 1.165) is 5.82 Å². The predicted octanol–water partition coefficient (Wildman–Crippen LogP) is 0.465. The molecule has 0 atom stereocenters. The lowest BCUT2D eigenvalue weighted by atomic mass is 10.5. The van der Waals surface area contributed by atoms with Crippen LogP contribution in [0.1, 0.15) is 5.82 Å². The van der Waals surface area contributed by atoms with Crippen molar-refractivity contribution in [3.63, 3.8) is 0 Å². The minimum atomic E-state index is -3.19. The van der Waals surface area contributed by atoms with Crippen LogP contribution in [0.4, 0.5) is 0 Å². The number of imidazole rings is 1. The molecule has 0 radical (unpaired) electrons. The number of nitrogens with two attached hydrogens (primary N) is 1. The van der Waals surface area contributed by atoms with Gasteiger partial charge in [-0.15, -0.1) is 0 Å². The van der Waals surface area contributed by atoms with E-state index in [1.165, 1.54) is 6.20 Å². The summed E-state index contributed by atoms with van der Waals surface area (Å²) in [5.41, 5.74) is 0. The highest BCUT2D eigenvalue weighted by atomic mass is 32.3. The molecule has 0 saturated carbocycles. The molecule has 0 aromatic carbocycles. The zero-order valence-corrected chi connectivity index (χ0v) is 9.32. The molecule has 4 N–H and O–H groups in total. The van der Waals surface area contributed by atoms with Crippen LogP contribution in [-0.4, -0.2) is 37.7 Å². The van der Waals surface area contributed by atoms with Crippen molar-refractivity contribution in [2.45, 2.75) is 11.6 Å². The summed E-state index contributed by atoms with van der Waals surface area (Å²) in [5, 5.41) is 5.31. The van der Waals surface area contributed by atoms with Crippen LogP contribution in [-0.2, 0) is 13.6 Å². The quantitative estimate of drug-likeness (QED) is 0.689. The second-order valence-corrected chi connectivity index (χ2v) is 5.04. The molecular formula is C7H16N4O2S. The third kappa shape index (κ3) is 2.69. The minimum absolute atomic E-state index is 0.136. The molecule has 0 saturated heterocycles. The first kappa shape index (κ1) is 11.5. The molecule has 0 aliphatic rings. The maximum absolute atomic E-state index is 9.19. The Labute approximate surface area is 84.8 Å². The number of aryl methyl sites for hydroxylation is 1. The number of hydrogen-bond donors (Lipinski definition) is 3. The van der Waals surface area contributed by atoms with E-state index < -0.39 is 10.8 Å². The van der Waals surface area contributed by atoms with E-state index in [2.05, 4.69) is 4.98 Å². The number of aromatic nitrogens is 2. The molecule has 0 amide bonds. The van der Waals surface area contributed by atoms with E-state index in [4.69, 9.17) is 5.14 Å². The number of hydrogen-bond acceptors (Lipinski definition) is 5. The fraction of sp³-hybridized carbons (Fsp3) is 0.571. The zero-order chi connectivity index (χ0) is 10.9. The van der Waals surface area contributed by atoms with Crippen LogP contribution in [0.2, 0.25) is 0 Å². The van der Waals surface area contributed by atoms with Gasteiger partial charge >= 0.3 is 0 Å². The second kappa shape index (κ2) is 3.87. The lowest BCUT2D eigenvalue weighted by Gasteiger charge is -2.22. The van der Waals surface area contributed by atoms with Gasteiger partial charge in [0.1, 0.15) is 5.82 Å². The lowest BCUT2D eigenvalue weighted by molar-refractivity contribution is 0.384. The third-order valence-electron chi connectivity index (χ3n) is 1.72. The summed E-state index contributed by atoms with van der Waals surface area (Å²) in [4.78, 5) is 5.99. The molecule has 0 aliphatic carbocycles. The van der Waals surface area contributed by atoms with Gasteiger partial charge in [0, 0.05) is 13.2 Å². The zero-order valence-electron chi connectivity index (χ0n) is 8.51. The first-order chi connectivity index (χ1) is 6.30. The standard InChI is InChI=1S/C7H16N4O2S/c1-10(2)4-6-9-7(5-11(6)3)14(8,12)13/h5,12-13H,4,8H2,1-3H3. The summed E-state index contributed by atoms with van der Waals surface area (Å²) in [7, 11) is 2.42. The number of rotatable bonds is 3. The van der Waals surface area contributed by atoms with Crippen molar-refractivity contribution in [1.29, 1.82) is 0 Å². The fourth-order valence-electron chi connectivity index (χ4n) is 1.05. The van der Waals surface area contributed by atoms with Crippen LogP contribution >= 0.6 is 10.8 Å². The molecule has 0 fully saturated rings. The van der Waals surface area contributed by atoms with Crippen molar-refractivity contribution < 1.29 is 9.11 Å². The summed E-state index contributed by atoms with van der Waals surface area (Å²) >= 11 is 0. The molecule has 1 heterocycles. The minimum Gasteiger partial charge on any atom is -0.335 e. The Kier molecular flexibility index (Phi) is 3.17. The molecule has 1 rings (SSSR count). The smallest absolute Gasteiger partial charge is 0.181 e. The molecule has 1 aromatic heterocycles. The van der Waals surface area contributed by atoms with Gasteiger partial charge in [-0.1, -0.05) is 10.8 Å². The highest BCUT2D eigenvalue weighted by Gasteiger charge is 2.15. The van der Waals surface area contributed by atoms with Gasteiger partial charge in [-0.25, -0.2) is 10.1 Å². The molecular weight excluding hydrogens is 204 g/mol. The van der Waals surface area contributed by atoms with E-state index in [0.29, 0.717) is 6.54 Å². The van der Waals surface area contributed by atoms with Crippen molar-refractivity contribution >= 4 is 10.8 Å². The SMILES string of the molecule is CN(C)Cc1nc(S(N)(O)O)cn1C. The van der Waals surface area contributed by atoms with Gasteiger partial charge in [0.05, 0.1) is 6.54 Å². The van der Waals surface area contributed by atoms with Gasteiger partial charge in [0.2, 0.25) is 0 Å². The van der Waals surface area contributed by atoms with Crippen molar-refractivity contribution in [2.24, 2.45) is 12.2 Å². The molecule has 1 aromatic rings. The highest BCUT2D eigenvalue weighted by molar-refractivity contribution is 8.22. The summed E-state index contributed by atoms with van der Waals surface area (Å²) in [5.74, 6) is 0.746. The van der Waals surface area contributed by atoms with Crippen LogP contribution in [0.25, 0.3) is 0 Å². The summed E-state index contributed by atoms with van der Waals surface area (Å²) in [6.07, 6.45) is 1.54. The maximum atomic E-state index is 9.19. The topological polar surface area (TPSA) is 87.5 Å². The van der Waals surface area contributed by atoms with E-state index in [-0.39, 0.29) is 5.03 Å². The fourth-order valence-corrected chi connectivity index (χ4v) is 1.60. The van der Waals surface area contributed by atoms with E-state index in [1.807, 2.05) is 19.0 Å². The van der Waals surface area contributed by atoms with Crippen LogP contribution in [0.3, 0.4) is 0 Å². The number of nitrogens with zero attached hydrogens (tertiary/aromatic N) is 3. The van der Waals surface area contributed by atoms with Crippen molar-refractivity contribution in [2.75, 3.05) is 14.1 Å². The Balaban J connectivity index is 2.94. The molecule has 0 spiro atoms. The van der Waals surface area contributed by atoms with Crippen molar-refractivity contribution in [1.82, 2.24) is 14.5 Å². The van der Waals surface area contributed by atoms with Gasteiger partial charge in [-0.3, -0.25) is 9.11 Å². The van der Waals surface area contributed by atoms with Crippen LogP contribution in [0, 0.1) is 0 Å². The lowest BCUT2D eigenvalue weighted by Crippen LogP contribution is -2.14. The Morgan fingerprint density at radius 3 is 2.50 bits per heavy atom. The summed E-state index contributed by atoms with van der Waals surface area (Å²) in [6, 6.07) is 0. The van der Waals surface area contributed by atoms with Gasteiger partial charge in [-0.05, 0) is 14.1 Å². The molecule has 14 heavy (non-hydrogen) atoms. The van der Waals surface area contributed by atoms with Gasteiger partial charge < -0.3 is 9.47 Å². The Bertz CT molecular complexity index is 318. The van der Waals surface area contributed by atoms with E-state index >= 15 is 0 Å². The van der Waals surface area contributed by atoms with Gasteiger partial charge in [0.15, 0.2) is 5.03 Å². The largest absolute Gasteiger partial charge is 0.335 e. The average molecular weight is 220 g/mol. The highest BCUT2D eigenvalue weighted by Crippen LogP contribution is 2.38. The predicted molar refractivity (Wildman–Crippen MR) is 55.9 cm³/mol. The molecule has 82 valence electrons. The summed E-state index contributed by atoms with van der Waals surface area (Å²) < 4.78 is 20.1. The molecule has 6 nitrogen and oxygen atoms in total. The van der Waals surface area contributed by atoms with Crippen LogP contribution < -0.4 is 5.14 Å². The Hall–Kier alpha value is -0.600.